The first-order valence-corrected chi connectivity index (χ1v) is 4.18. The van der Waals surface area contributed by atoms with Crippen LogP contribution in [0, 0.1) is 0 Å². The molecule has 1 aliphatic rings. The lowest BCUT2D eigenvalue weighted by Gasteiger charge is -1.89. The van der Waals surface area contributed by atoms with Crippen molar-refractivity contribution in [3.63, 3.8) is 0 Å². The second kappa shape index (κ2) is 2.41. The van der Waals surface area contributed by atoms with Crippen LogP contribution in [0.2, 0.25) is 0 Å². The molecule has 0 amide bonds. The molecule has 0 aromatic carbocycles. The summed E-state index contributed by atoms with van der Waals surface area (Å²) in [5.41, 5.74) is 0.386. The smallest absolute Gasteiger partial charge is 0.173 e. The Balaban J connectivity index is 2.35. The Morgan fingerprint density at radius 2 is 2.27 bits per heavy atom. The number of halogens is 1. The van der Waals surface area contributed by atoms with Crippen LogP contribution in [0.25, 0.3) is 0 Å². The highest BCUT2D eigenvalue weighted by atomic mass is 79.9. The second-order valence-corrected chi connectivity index (χ2v) is 3.30. The Labute approximate surface area is 71.7 Å². The van der Waals surface area contributed by atoms with Crippen molar-refractivity contribution in [1.29, 1.82) is 0 Å². The van der Waals surface area contributed by atoms with Crippen LogP contribution in [-0.4, -0.2) is 21.3 Å². The molecule has 0 unspecified atom stereocenters. The number of nitrogens with zero attached hydrogens (tertiary/aromatic N) is 3. The first-order chi connectivity index (χ1) is 5.31. The summed E-state index contributed by atoms with van der Waals surface area (Å²) in [5, 5.41) is 8.02. The zero-order valence-electron chi connectivity index (χ0n) is 5.70. The first-order valence-electron chi connectivity index (χ1n) is 3.39. The lowest BCUT2D eigenvalue weighted by atomic mass is 10.6. The van der Waals surface area contributed by atoms with Gasteiger partial charge in [-0.25, -0.2) is 0 Å². The molecule has 4 nitrogen and oxygen atoms in total. The normalized spacial score (nSPS) is 16.8. The largest absolute Gasteiger partial charge is 0.296 e. The molecule has 1 heterocycles. The third-order valence-electron chi connectivity index (χ3n) is 1.60. The summed E-state index contributed by atoms with van der Waals surface area (Å²) in [7, 11) is 0. The molecule has 0 N–H and O–H groups in total. The highest BCUT2D eigenvalue weighted by molar-refractivity contribution is 9.10. The van der Waals surface area contributed by atoms with Gasteiger partial charge >= 0.3 is 0 Å². The quantitative estimate of drug-likeness (QED) is 0.697. The average molecular weight is 216 g/mol. The van der Waals surface area contributed by atoms with Crippen molar-refractivity contribution < 1.29 is 4.79 Å². The van der Waals surface area contributed by atoms with Crippen LogP contribution < -0.4 is 0 Å². The van der Waals surface area contributed by atoms with Crippen LogP contribution in [-0.2, 0) is 0 Å². The molecular weight excluding hydrogens is 210 g/mol. The van der Waals surface area contributed by atoms with Crippen molar-refractivity contribution in [2.75, 3.05) is 0 Å². The number of hydrogen-bond donors (Lipinski definition) is 0. The summed E-state index contributed by atoms with van der Waals surface area (Å²) in [5.74, 6) is 0. The molecule has 0 aliphatic heterocycles. The SMILES string of the molecule is O=Cc1nn(C2CC2)nc1Br. The minimum Gasteiger partial charge on any atom is -0.296 e. The molecule has 0 radical (unpaired) electrons. The van der Waals surface area contributed by atoms with Crippen molar-refractivity contribution in [3.05, 3.63) is 10.3 Å². The van der Waals surface area contributed by atoms with E-state index < -0.39 is 0 Å². The Kier molecular flexibility index (Phi) is 1.52. The van der Waals surface area contributed by atoms with Crippen LogP contribution in [0.15, 0.2) is 4.60 Å². The minimum absolute atomic E-state index is 0.386. The van der Waals surface area contributed by atoms with Gasteiger partial charge in [-0.1, -0.05) is 0 Å². The fourth-order valence-electron chi connectivity index (χ4n) is 0.856. The number of aldehydes is 1. The van der Waals surface area contributed by atoms with Crippen LogP contribution in [0.4, 0.5) is 0 Å². The average Bonchev–Trinajstić information content (AvgIpc) is 2.76. The van der Waals surface area contributed by atoms with Gasteiger partial charge in [0.25, 0.3) is 0 Å². The van der Waals surface area contributed by atoms with E-state index in [0.29, 0.717) is 22.6 Å². The summed E-state index contributed by atoms with van der Waals surface area (Å²) in [4.78, 5) is 11.9. The van der Waals surface area contributed by atoms with E-state index in [2.05, 4.69) is 26.1 Å². The lowest BCUT2D eigenvalue weighted by molar-refractivity contribution is 0.111. The van der Waals surface area contributed by atoms with Gasteiger partial charge in [-0.05, 0) is 28.8 Å². The van der Waals surface area contributed by atoms with E-state index in [1.165, 1.54) is 0 Å². The Morgan fingerprint density at radius 1 is 1.55 bits per heavy atom. The van der Waals surface area contributed by atoms with Gasteiger partial charge in [0.15, 0.2) is 16.6 Å². The maximum Gasteiger partial charge on any atom is 0.173 e. The molecule has 0 saturated heterocycles. The maximum absolute atomic E-state index is 10.3. The molecule has 0 atom stereocenters. The van der Waals surface area contributed by atoms with Crippen molar-refractivity contribution in [2.45, 2.75) is 18.9 Å². The van der Waals surface area contributed by atoms with E-state index in [1.807, 2.05) is 0 Å². The number of carbonyl (C=O) groups is 1. The zero-order chi connectivity index (χ0) is 7.84. The van der Waals surface area contributed by atoms with Gasteiger partial charge in [-0.2, -0.15) is 4.80 Å². The molecule has 2 rings (SSSR count). The molecule has 1 aliphatic carbocycles. The highest BCUT2D eigenvalue weighted by Gasteiger charge is 2.26. The summed E-state index contributed by atoms with van der Waals surface area (Å²) < 4.78 is 0.541. The molecule has 0 bridgehead atoms. The maximum atomic E-state index is 10.3. The summed E-state index contributed by atoms with van der Waals surface area (Å²) in [6, 6.07) is 0.431. The zero-order valence-corrected chi connectivity index (χ0v) is 7.28. The predicted octanol–water partition coefficient (Wildman–Crippen LogP) is 1.19. The van der Waals surface area contributed by atoms with Crippen molar-refractivity contribution >= 4 is 22.2 Å². The number of aromatic nitrogens is 3. The molecule has 1 aromatic heterocycles. The predicted molar refractivity (Wildman–Crippen MR) is 41.4 cm³/mol. The van der Waals surface area contributed by atoms with E-state index in [0.717, 1.165) is 12.8 Å². The fourth-order valence-corrected chi connectivity index (χ4v) is 1.19. The van der Waals surface area contributed by atoms with E-state index >= 15 is 0 Å². The molecule has 1 aromatic rings. The molecule has 0 spiro atoms. The van der Waals surface area contributed by atoms with Gasteiger partial charge in [0.05, 0.1) is 6.04 Å². The molecule has 1 fully saturated rings. The minimum atomic E-state index is 0.386. The Hall–Kier alpha value is -0.710. The topological polar surface area (TPSA) is 47.8 Å². The van der Waals surface area contributed by atoms with Crippen LogP contribution >= 0.6 is 15.9 Å². The summed E-state index contributed by atoms with van der Waals surface area (Å²) in [6.07, 6.45) is 2.95. The van der Waals surface area contributed by atoms with E-state index in [4.69, 9.17) is 0 Å². The van der Waals surface area contributed by atoms with E-state index in [9.17, 15) is 4.79 Å². The number of rotatable bonds is 2. The van der Waals surface area contributed by atoms with Crippen molar-refractivity contribution in [1.82, 2.24) is 15.0 Å². The van der Waals surface area contributed by atoms with Gasteiger partial charge in [0.1, 0.15) is 0 Å². The van der Waals surface area contributed by atoms with Crippen LogP contribution in [0.3, 0.4) is 0 Å². The van der Waals surface area contributed by atoms with Crippen LogP contribution in [0.5, 0.6) is 0 Å². The third kappa shape index (κ3) is 1.20. The number of hydrogen-bond acceptors (Lipinski definition) is 3. The summed E-state index contributed by atoms with van der Waals surface area (Å²) >= 11 is 3.15. The molecule has 1 saturated carbocycles. The Bertz CT molecular complexity index is 292. The Morgan fingerprint density at radius 3 is 2.73 bits per heavy atom. The van der Waals surface area contributed by atoms with Gasteiger partial charge in [0, 0.05) is 0 Å². The fraction of sp³-hybridized carbons (Fsp3) is 0.500. The molecular formula is C6H6BrN3O. The van der Waals surface area contributed by atoms with Gasteiger partial charge in [-0.3, -0.25) is 4.79 Å². The first kappa shape index (κ1) is 6.97. The van der Waals surface area contributed by atoms with Gasteiger partial charge in [-0.15, -0.1) is 10.2 Å². The summed E-state index contributed by atoms with van der Waals surface area (Å²) in [6.45, 7) is 0. The monoisotopic (exact) mass is 215 g/mol. The number of carbonyl (C=O) groups excluding carboxylic acids is 1. The van der Waals surface area contributed by atoms with Crippen molar-refractivity contribution in [2.24, 2.45) is 0 Å². The standard InChI is InChI=1S/C6H6BrN3O/c7-6-5(3-11)8-10(9-6)4-1-2-4/h3-4H,1-2H2. The lowest BCUT2D eigenvalue weighted by Crippen LogP contribution is -1.98. The van der Waals surface area contributed by atoms with E-state index in [1.54, 1.807) is 4.80 Å². The molecule has 58 valence electrons. The molecule has 5 heteroatoms. The van der Waals surface area contributed by atoms with Gasteiger partial charge in [0.2, 0.25) is 0 Å². The van der Waals surface area contributed by atoms with Crippen molar-refractivity contribution in [3.8, 4) is 0 Å². The molecule has 11 heavy (non-hydrogen) atoms. The van der Waals surface area contributed by atoms with Gasteiger partial charge < -0.3 is 0 Å². The highest BCUT2D eigenvalue weighted by Crippen LogP contribution is 2.33. The van der Waals surface area contributed by atoms with Crippen LogP contribution in [0.1, 0.15) is 29.4 Å². The third-order valence-corrected chi connectivity index (χ3v) is 2.16. The second-order valence-electron chi connectivity index (χ2n) is 2.55. The van der Waals surface area contributed by atoms with E-state index in [-0.39, 0.29) is 0 Å².